The summed E-state index contributed by atoms with van der Waals surface area (Å²) < 4.78 is 0. The van der Waals surface area contributed by atoms with Gasteiger partial charge in [0.15, 0.2) is 0 Å². The molecule has 0 saturated heterocycles. The van der Waals surface area contributed by atoms with Crippen molar-refractivity contribution in [3.8, 4) is 0 Å². The summed E-state index contributed by atoms with van der Waals surface area (Å²) in [5.74, 6) is -0.248. The summed E-state index contributed by atoms with van der Waals surface area (Å²) in [6, 6.07) is 7.11. The van der Waals surface area contributed by atoms with Crippen LogP contribution in [0.3, 0.4) is 0 Å². The van der Waals surface area contributed by atoms with Gasteiger partial charge in [0.25, 0.3) is 5.91 Å². The molecule has 1 aromatic carbocycles. The normalized spacial score (nSPS) is 19.8. The molecule has 1 heterocycles. The molecule has 1 aromatic rings. The lowest BCUT2D eigenvalue weighted by molar-refractivity contribution is -0.119. The topological polar surface area (TPSA) is 61.8 Å². The van der Waals surface area contributed by atoms with Crippen LogP contribution in [0.2, 0.25) is 5.02 Å². The number of anilines is 1. The van der Waals surface area contributed by atoms with Gasteiger partial charge in [0.2, 0.25) is 5.91 Å². The molecule has 0 atom stereocenters. The standard InChI is InChI=1S/C19H24ClN3O2/c20-14-8-10-16(11-9-14)23-18(24)13-12-17(22-23)19(25)21-15-6-4-2-1-3-5-7-15/h8-11,15H,1-7,12-13H2,(H,21,25). The second-order valence-corrected chi connectivity index (χ2v) is 7.18. The molecule has 1 fully saturated rings. The molecular formula is C19H24ClN3O2. The third-order valence-corrected chi connectivity index (χ3v) is 5.06. The molecular weight excluding hydrogens is 338 g/mol. The van der Waals surface area contributed by atoms with Crippen LogP contribution in [0.4, 0.5) is 5.69 Å². The minimum Gasteiger partial charge on any atom is -0.348 e. The Hall–Kier alpha value is -1.88. The zero-order chi connectivity index (χ0) is 17.6. The van der Waals surface area contributed by atoms with Crippen molar-refractivity contribution in [2.45, 2.75) is 63.8 Å². The molecule has 0 aromatic heterocycles. The molecule has 0 unspecified atom stereocenters. The van der Waals surface area contributed by atoms with E-state index in [1.165, 1.54) is 24.3 Å². The molecule has 2 amide bonds. The van der Waals surface area contributed by atoms with E-state index in [2.05, 4.69) is 10.4 Å². The molecule has 3 rings (SSSR count). The van der Waals surface area contributed by atoms with E-state index in [0.29, 0.717) is 29.3 Å². The van der Waals surface area contributed by atoms with Crippen LogP contribution in [0.5, 0.6) is 0 Å². The number of carbonyl (C=O) groups excluding carboxylic acids is 2. The number of hydrogen-bond donors (Lipinski definition) is 1. The third kappa shape index (κ3) is 4.82. The molecule has 1 aliphatic heterocycles. The number of hydrazone groups is 1. The number of nitrogens with zero attached hydrogens (tertiary/aromatic N) is 2. The SMILES string of the molecule is O=C(NC1CCCCCCC1)C1=NN(c2ccc(Cl)cc2)C(=O)CC1. The van der Waals surface area contributed by atoms with Crippen molar-refractivity contribution in [3.05, 3.63) is 29.3 Å². The summed E-state index contributed by atoms with van der Waals surface area (Å²) in [6.45, 7) is 0. The van der Waals surface area contributed by atoms with E-state index in [9.17, 15) is 9.59 Å². The lowest BCUT2D eigenvalue weighted by atomic mass is 9.96. The number of nitrogens with one attached hydrogen (secondary N) is 1. The summed E-state index contributed by atoms with van der Waals surface area (Å²) >= 11 is 5.90. The summed E-state index contributed by atoms with van der Waals surface area (Å²) in [5, 5.41) is 9.35. The first kappa shape index (κ1) is 17.9. The van der Waals surface area contributed by atoms with Gasteiger partial charge in [-0.1, -0.05) is 43.7 Å². The van der Waals surface area contributed by atoms with Crippen molar-refractivity contribution in [1.29, 1.82) is 0 Å². The summed E-state index contributed by atoms with van der Waals surface area (Å²) in [5.41, 5.74) is 1.06. The van der Waals surface area contributed by atoms with Crippen molar-refractivity contribution >= 4 is 34.8 Å². The first-order valence-electron chi connectivity index (χ1n) is 9.10. The van der Waals surface area contributed by atoms with E-state index < -0.39 is 0 Å². The minimum atomic E-state index is -0.142. The van der Waals surface area contributed by atoms with Gasteiger partial charge >= 0.3 is 0 Å². The van der Waals surface area contributed by atoms with E-state index in [1.54, 1.807) is 24.3 Å². The Labute approximate surface area is 153 Å². The van der Waals surface area contributed by atoms with Gasteiger partial charge in [-0.3, -0.25) is 9.59 Å². The second kappa shape index (κ2) is 8.48. The number of hydrogen-bond acceptors (Lipinski definition) is 3. The molecule has 1 N–H and O–H groups in total. The first-order chi connectivity index (χ1) is 12.1. The van der Waals surface area contributed by atoms with Crippen molar-refractivity contribution in [3.63, 3.8) is 0 Å². The zero-order valence-electron chi connectivity index (χ0n) is 14.3. The zero-order valence-corrected chi connectivity index (χ0v) is 15.1. The first-order valence-corrected chi connectivity index (χ1v) is 9.48. The maximum Gasteiger partial charge on any atom is 0.267 e. The van der Waals surface area contributed by atoms with Crippen molar-refractivity contribution in [2.75, 3.05) is 5.01 Å². The average Bonchev–Trinajstić information content (AvgIpc) is 2.58. The Morgan fingerprint density at radius 2 is 1.68 bits per heavy atom. The Morgan fingerprint density at radius 1 is 1.04 bits per heavy atom. The Kier molecular flexibility index (Phi) is 6.08. The van der Waals surface area contributed by atoms with Gasteiger partial charge in [0.1, 0.15) is 5.71 Å². The molecule has 0 bridgehead atoms. The fourth-order valence-electron chi connectivity index (χ4n) is 3.37. The maximum atomic E-state index is 12.6. The van der Waals surface area contributed by atoms with E-state index in [4.69, 9.17) is 11.6 Å². The fraction of sp³-hybridized carbons (Fsp3) is 0.526. The van der Waals surface area contributed by atoms with Gasteiger partial charge < -0.3 is 5.32 Å². The van der Waals surface area contributed by atoms with E-state index in [-0.39, 0.29) is 17.9 Å². The van der Waals surface area contributed by atoms with Crippen LogP contribution in [0.1, 0.15) is 57.8 Å². The molecule has 0 spiro atoms. The predicted octanol–water partition coefficient (Wildman–Crippen LogP) is 4.05. The highest BCUT2D eigenvalue weighted by molar-refractivity contribution is 6.40. The van der Waals surface area contributed by atoms with Gasteiger partial charge in [-0.15, -0.1) is 0 Å². The molecule has 0 radical (unpaired) electrons. The molecule has 6 heteroatoms. The van der Waals surface area contributed by atoms with Crippen LogP contribution >= 0.6 is 11.6 Å². The molecule has 1 saturated carbocycles. The highest BCUT2D eigenvalue weighted by atomic mass is 35.5. The van der Waals surface area contributed by atoms with Crippen LogP contribution < -0.4 is 10.3 Å². The number of benzene rings is 1. The number of rotatable bonds is 3. The van der Waals surface area contributed by atoms with Crippen LogP contribution in [0, 0.1) is 0 Å². The lowest BCUT2D eigenvalue weighted by Gasteiger charge is -2.25. The molecule has 5 nitrogen and oxygen atoms in total. The van der Waals surface area contributed by atoms with Crippen LogP contribution in [-0.4, -0.2) is 23.6 Å². The van der Waals surface area contributed by atoms with E-state index in [0.717, 1.165) is 25.7 Å². The number of carbonyl (C=O) groups is 2. The van der Waals surface area contributed by atoms with Gasteiger partial charge in [-0.05, 0) is 37.1 Å². The average molecular weight is 362 g/mol. The second-order valence-electron chi connectivity index (χ2n) is 6.74. The fourth-order valence-corrected chi connectivity index (χ4v) is 3.50. The van der Waals surface area contributed by atoms with Crippen molar-refractivity contribution < 1.29 is 9.59 Å². The largest absolute Gasteiger partial charge is 0.348 e. The van der Waals surface area contributed by atoms with E-state index in [1.807, 2.05) is 0 Å². The smallest absolute Gasteiger partial charge is 0.267 e. The lowest BCUT2D eigenvalue weighted by Crippen LogP contribution is -2.43. The van der Waals surface area contributed by atoms with Crippen LogP contribution in [-0.2, 0) is 9.59 Å². The maximum absolute atomic E-state index is 12.6. The monoisotopic (exact) mass is 361 g/mol. The van der Waals surface area contributed by atoms with E-state index >= 15 is 0 Å². The molecule has 1 aliphatic carbocycles. The van der Waals surface area contributed by atoms with Gasteiger partial charge in [-0.2, -0.15) is 5.10 Å². The van der Waals surface area contributed by atoms with Crippen molar-refractivity contribution in [2.24, 2.45) is 5.10 Å². The van der Waals surface area contributed by atoms with Crippen LogP contribution in [0.25, 0.3) is 0 Å². The molecule has 25 heavy (non-hydrogen) atoms. The summed E-state index contributed by atoms with van der Waals surface area (Å²) in [6.07, 6.45) is 8.84. The predicted molar refractivity (Wildman–Crippen MR) is 99.9 cm³/mol. The third-order valence-electron chi connectivity index (χ3n) is 4.81. The molecule has 134 valence electrons. The number of amides is 2. The van der Waals surface area contributed by atoms with Gasteiger partial charge in [0, 0.05) is 23.9 Å². The van der Waals surface area contributed by atoms with Crippen molar-refractivity contribution in [1.82, 2.24) is 5.32 Å². The van der Waals surface area contributed by atoms with Crippen LogP contribution in [0.15, 0.2) is 29.4 Å². The van der Waals surface area contributed by atoms with Gasteiger partial charge in [0.05, 0.1) is 5.69 Å². The highest BCUT2D eigenvalue weighted by Gasteiger charge is 2.26. The Bertz CT molecular complexity index is 649. The highest BCUT2D eigenvalue weighted by Crippen LogP contribution is 2.23. The molecule has 2 aliphatic rings. The summed E-state index contributed by atoms with van der Waals surface area (Å²) in [7, 11) is 0. The number of halogens is 1. The minimum absolute atomic E-state index is 0.107. The Balaban J connectivity index is 1.69. The quantitative estimate of drug-likeness (QED) is 0.882. The summed E-state index contributed by atoms with van der Waals surface area (Å²) in [4.78, 5) is 24.8. The van der Waals surface area contributed by atoms with Gasteiger partial charge in [-0.25, -0.2) is 5.01 Å². The Morgan fingerprint density at radius 3 is 2.36 bits per heavy atom.